The number of guanidine groups is 1. The van der Waals surface area contributed by atoms with Crippen molar-refractivity contribution in [1.29, 1.82) is 0 Å². The van der Waals surface area contributed by atoms with Crippen LogP contribution in [0.1, 0.15) is 57.1 Å². The Morgan fingerprint density at radius 3 is 2.52 bits per heavy atom. The van der Waals surface area contributed by atoms with Crippen molar-refractivity contribution < 1.29 is 4.79 Å². The number of piperidine rings is 2. The predicted molar refractivity (Wildman–Crippen MR) is 138 cm³/mol. The molecule has 31 heavy (non-hydrogen) atoms. The summed E-state index contributed by atoms with van der Waals surface area (Å²) < 4.78 is 0. The maximum Gasteiger partial charge on any atom is 0.217 e. The highest BCUT2D eigenvalue weighted by molar-refractivity contribution is 14.0. The van der Waals surface area contributed by atoms with E-state index in [9.17, 15) is 4.79 Å². The van der Waals surface area contributed by atoms with Crippen molar-refractivity contribution >= 4 is 35.8 Å². The summed E-state index contributed by atoms with van der Waals surface area (Å²) in [5.74, 6) is 1.88. The molecule has 0 bridgehead atoms. The first-order chi connectivity index (χ1) is 14.5. The second-order valence-corrected chi connectivity index (χ2v) is 9.09. The molecule has 2 saturated heterocycles. The Kier molecular flexibility index (Phi) is 11.1. The van der Waals surface area contributed by atoms with Crippen LogP contribution in [0, 0.1) is 11.8 Å². The van der Waals surface area contributed by atoms with E-state index in [1.54, 1.807) is 0 Å². The van der Waals surface area contributed by atoms with Gasteiger partial charge in [-0.1, -0.05) is 31.2 Å². The Morgan fingerprint density at radius 2 is 1.84 bits per heavy atom. The Labute approximate surface area is 205 Å². The van der Waals surface area contributed by atoms with Crippen molar-refractivity contribution in [2.75, 3.05) is 32.7 Å². The number of nitrogens with two attached hydrogens (primary N) is 1. The zero-order valence-electron chi connectivity index (χ0n) is 19.2. The van der Waals surface area contributed by atoms with Crippen LogP contribution >= 0.6 is 24.0 Å². The molecular formula is C24H40IN5O. The van der Waals surface area contributed by atoms with Crippen molar-refractivity contribution in [3.8, 4) is 0 Å². The van der Waals surface area contributed by atoms with Gasteiger partial charge in [0.25, 0.3) is 0 Å². The summed E-state index contributed by atoms with van der Waals surface area (Å²) in [6.45, 7) is 11.3. The molecule has 0 aliphatic carbocycles. The molecule has 2 heterocycles. The van der Waals surface area contributed by atoms with E-state index >= 15 is 0 Å². The predicted octanol–water partition coefficient (Wildman–Crippen LogP) is 3.59. The molecule has 1 aromatic carbocycles. The van der Waals surface area contributed by atoms with Crippen LogP contribution in [-0.4, -0.2) is 54.4 Å². The van der Waals surface area contributed by atoms with Crippen LogP contribution in [0.4, 0.5) is 0 Å². The van der Waals surface area contributed by atoms with E-state index in [1.165, 1.54) is 37.1 Å². The quantitative estimate of drug-likeness (QED) is 0.315. The van der Waals surface area contributed by atoms with Gasteiger partial charge in [0.05, 0.1) is 6.54 Å². The third-order valence-corrected chi connectivity index (χ3v) is 6.22. The summed E-state index contributed by atoms with van der Waals surface area (Å²) in [6, 6.07) is 8.92. The van der Waals surface area contributed by atoms with Crippen molar-refractivity contribution in [3.63, 3.8) is 0 Å². The lowest BCUT2D eigenvalue weighted by molar-refractivity contribution is -0.119. The van der Waals surface area contributed by atoms with Crippen LogP contribution in [0.15, 0.2) is 29.3 Å². The molecule has 174 valence electrons. The SMILES string of the molecule is CCNC(=NCc1ccc(CN2CCCC(C)C2)cc1)N1CCCC(CC(N)=O)C1.I. The molecule has 3 rings (SSSR count). The van der Waals surface area contributed by atoms with E-state index in [1.807, 2.05) is 0 Å². The maximum atomic E-state index is 11.3. The average Bonchev–Trinajstić information content (AvgIpc) is 2.72. The molecule has 2 aliphatic heterocycles. The molecule has 0 saturated carbocycles. The van der Waals surface area contributed by atoms with Gasteiger partial charge < -0.3 is 16.0 Å². The molecule has 2 aliphatic rings. The Bertz CT molecular complexity index is 708. The Hall–Kier alpha value is -1.35. The standard InChI is InChI=1S/C24H39N5O.HI/c1-3-26-24(29-13-5-7-22(18-29)14-23(25)30)27-15-20-8-10-21(11-9-20)17-28-12-4-6-19(2)16-28;/h8-11,19,22H,3-7,12-18H2,1-2H3,(H2,25,30)(H,26,27);1H. The molecule has 2 unspecified atom stereocenters. The van der Waals surface area contributed by atoms with Crippen molar-refractivity contribution in [2.45, 2.75) is 59.0 Å². The van der Waals surface area contributed by atoms with Crippen LogP contribution in [0.3, 0.4) is 0 Å². The lowest BCUT2D eigenvalue weighted by Crippen LogP contribution is -2.47. The van der Waals surface area contributed by atoms with Gasteiger partial charge in [0.15, 0.2) is 5.96 Å². The maximum absolute atomic E-state index is 11.3. The number of likely N-dealkylation sites (tertiary alicyclic amines) is 2. The molecule has 0 spiro atoms. The molecule has 0 radical (unpaired) electrons. The monoisotopic (exact) mass is 541 g/mol. The summed E-state index contributed by atoms with van der Waals surface area (Å²) in [5, 5.41) is 3.42. The fourth-order valence-electron chi connectivity index (χ4n) is 4.74. The van der Waals surface area contributed by atoms with E-state index < -0.39 is 0 Å². The summed E-state index contributed by atoms with van der Waals surface area (Å²) in [6.07, 6.45) is 5.29. The minimum atomic E-state index is -0.206. The van der Waals surface area contributed by atoms with E-state index in [4.69, 9.17) is 10.7 Å². The average molecular weight is 542 g/mol. The third-order valence-electron chi connectivity index (χ3n) is 6.22. The number of carbonyl (C=O) groups excluding carboxylic acids is 1. The van der Waals surface area contributed by atoms with E-state index in [2.05, 4.69) is 53.2 Å². The van der Waals surface area contributed by atoms with Gasteiger partial charge in [0.1, 0.15) is 0 Å². The summed E-state index contributed by atoms with van der Waals surface area (Å²) in [7, 11) is 0. The first-order valence-electron chi connectivity index (χ1n) is 11.6. The van der Waals surface area contributed by atoms with Crippen LogP contribution in [0.25, 0.3) is 0 Å². The van der Waals surface area contributed by atoms with Crippen molar-refractivity contribution in [1.82, 2.24) is 15.1 Å². The lowest BCUT2D eigenvalue weighted by Gasteiger charge is -2.34. The Morgan fingerprint density at radius 1 is 1.13 bits per heavy atom. The van der Waals surface area contributed by atoms with Crippen molar-refractivity contribution in [2.24, 2.45) is 22.6 Å². The summed E-state index contributed by atoms with van der Waals surface area (Å²) >= 11 is 0. The topological polar surface area (TPSA) is 74.0 Å². The first-order valence-corrected chi connectivity index (χ1v) is 11.6. The first kappa shape index (κ1) is 25.9. The van der Waals surface area contributed by atoms with E-state index in [0.717, 1.165) is 50.9 Å². The van der Waals surface area contributed by atoms with Crippen LogP contribution < -0.4 is 11.1 Å². The highest BCUT2D eigenvalue weighted by Gasteiger charge is 2.23. The molecule has 3 N–H and O–H groups in total. The number of primary amides is 1. The number of rotatable bonds is 7. The zero-order chi connectivity index (χ0) is 21.3. The number of nitrogens with zero attached hydrogens (tertiary/aromatic N) is 3. The zero-order valence-corrected chi connectivity index (χ0v) is 21.5. The van der Waals surface area contributed by atoms with Gasteiger partial charge in [0.2, 0.25) is 5.91 Å². The van der Waals surface area contributed by atoms with Crippen molar-refractivity contribution in [3.05, 3.63) is 35.4 Å². The number of amides is 1. The van der Waals surface area contributed by atoms with Gasteiger partial charge in [-0.3, -0.25) is 9.69 Å². The van der Waals surface area contributed by atoms with Gasteiger partial charge in [0, 0.05) is 39.1 Å². The molecule has 1 aromatic rings. The Balaban J connectivity index is 0.00000341. The molecular weight excluding hydrogens is 501 g/mol. The second-order valence-electron chi connectivity index (χ2n) is 9.09. The van der Waals surface area contributed by atoms with Gasteiger partial charge >= 0.3 is 0 Å². The molecule has 1 amide bonds. The fourth-order valence-corrected chi connectivity index (χ4v) is 4.74. The minimum Gasteiger partial charge on any atom is -0.370 e. The van der Waals surface area contributed by atoms with Gasteiger partial charge in [-0.15, -0.1) is 24.0 Å². The highest BCUT2D eigenvalue weighted by Crippen LogP contribution is 2.20. The number of halogens is 1. The number of aliphatic imine (C=N–C) groups is 1. The van der Waals surface area contributed by atoms with Gasteiger partial charge in [-0.05, 0) is 62.1 Å². The number of nitrogens with one attached hydrogen (secondary N) is 1. The highest BCUT2D eigenvalue weighted by atomic mass is 127. The molecule has 6 nitrogen and oxygen atoms in total. The van der Waals surface area contributed by atoms with Gasteiger partial charge in [-0.2, -0.15) is 0 Å². The number of benzene rings is 1. The summed E-state index contributed by atoms with van der Waals surface area (Å²) in [5.41, 5.74) is 8.02. The molecule has 0 aromatic heterocycles. The molecule has 7 heteroatoms. The minimum absolute atomic E-state index is 0. The number of hydrogen-bond donors (Lipinski definition) is 2. The molecule has 2 fully saturated rings. The third kappa shape index (κ3) is 8.60. The second kappa shape index (κ2) is 13.3. The normalized spacial score (nSPS) is 22.6. The fraction of sp³-hybridized carbons (Fsp3) is 0.667. The summed E-state index contributed by atoms with van der Waals surface area (Å²) in [4.78, 5) is 21.0. The largest absolute Gasteiger partial charge is 0.370 e. The smallest absolute Gasteiger partial charge is 0.217 e. The van der Waals surface area contributed by atoms with Crippen LogP contribution in [-0.2, 0) is 17.9 Å². The lowest BCUT2D eigenvalue weighted by atomic mass is 9.95. The van der Waals surface area contributed by atoms with Crippen LogP contribution in [0.5, 0.6) is 0 Å². The number of hydrogen-bond acceptors (Lipinski definition) is 3. The van der Waals surface area contributed by atoms with E-state index in [-0.39, 0.29) is 29.9 Å². The van der Waals surface area contributed by atoms with Crippen LogP contribution in [0.2, 0.25) is 0 Å². The molecule has 2 atom stereocenters. The van der Waals surface area contributed by atoms with E-state index in [0.29, 0.717) is 18.9 Å². The van der Waals surface area contributed by atoms with Gasteiger partial charge in [-0.25, -0.2) is 4.99 Å². The number of carbonyl (C=O) groups is 1.